The van der Waals surface area contributed by atoms with E-state index in [1.807, 2.05) is 36.4 Å². The molecule has 1 aliphatic rings. The molecule has 2 heterocycles. The average Bonchev–Trinajstić information content (AvgIpc) is 3.18. The fraction of sp³-hybridized carbons (Fsp3) is 0.120. The highest BCUT2D eigenvalue weighted by Crippen LogP contribution is 2.32. The molecule has 34 heavy (non-hydrogen) atoms. The third kappa shape index (κ3) is 4.34. The molecule has 1 amide bonds. The van der Waals surface area contributed by atoms with Gasteiger partial charge in [0.2, 0.25) is 10.0 Å². The predicted octanol–water partition coefficient (Wildman–Crippen LogP) is 6.00. The Morgan fingerprint density at radius 3 is 2.53 bits per heavy atom. The molecular formula is C25H19Cl2N3O3S. The molecule has 9 heteroatoms. The van der Waals surface area contributed by atoms with Gasteiger partial charge in [0.15, 0.2) is 0 Å². The molecule has 1 fully saturated rings. The Hall–Kier alpha value is -3.13. The highest BCUT2D eigenvalue weighted by molar-refractivity contribution is 7.93. The molecule has 1 N–H and O–H groups in total. The van der Waals surface area contributed by atoms with E-state index in [9.17, 15) is 13.2 Å². The van der Waals surface area contributed by atoms with E-state index in [1.165, 1.54) is 16.4 Å². The van der Waals surface area contributed by atoms with Crippen molar-refractivity contribution in [3.05, 3.63) is 88.4 Å². The molecule has 0 spiro atoms. The van der Waals surface area contributed by atoms with Crippen LogP contribution in [0.15, 0.2) is 72.8 Å². The number of fused-ring (bicyclic) bond motifs is 1. The van der Waals surface area contributed by atoms with Crippen molar-refractivity contribution in [1.82, 2.24) is 4.98 Å². The van der Waals surface area contributed by atoms with E-state index in [1.54, 1.807) is 24.3 Å². The first-order valence-electron chi connectivity index (χ1n) is 10.6. The van der Waals surface area contributed by atoms with Crippen LogP contribution in [0.5, 0.6) is 0 Å². The first-order valence-corrected chi connectivity index (χ1v) is 13.0. The summed E-state index contributed by atoms with van der Waals surface area (Å²) < 4.78 is 25.7. The maximum absolute atomic E-state index is 12.9. The van der Waals surface area contributed by atoms with E-state index in [4.69, 9.17) is 23.2 Å². The number of anilines is 2. The third-order valence-corrected chi connectivity index (χ3v) is 8.19. The van der Waals surface area contributed by atoms with Gasteiger partial charge in [0.25, 0.3) is 5.91 Å². The van der Waals surface area contributed by atoms with Gasteiger partial charge in [-0.1, -0.05) is 47.5 Å². The molecule has 0 radical (unpaired) electrons. The van der Waals surface area contributed by atoms with Crippen LogP contribution >= 0.6 is 23.2 Å². The fourth-order valence-electron chi connectivity index (χ4n) is 3.99. The van der Waals surface area contributed by atoms with Gasteiger partial charge < -0.3 is 5.32 Å². The lowest BCUT2D eigenvalue weighted by molar-refractivity contribution is 0.102. The SMILES string of the molecule is O=C(Nc1ccc(Cl)c(-c2ccc3ccccc3n2)c1)c1ccc(N2CCCS2(=O)=O)cc1Cl. The summed E-state index contributed by atoms with van der Waals surface area (Å²) in [6.45, 7) is 0.403. The number of benzene rings is 3. The van der Waals surface area contributed by atoms with Crippen LogP contribution < -0.4 is 9.62 Å². The normalized spacial score (nSPS) is 14.9. The van der Waals surface area contributed by atoms with Gasteiger partial charge in [-0.05, 0) is 55.0 Å². The number of aromatic nitrogens is 1. The van der Waals surface area contributed by atoms with Crippen molar-refractivity contribution in [2.24, 2.45) is 0 Å². The van der Waals surface area contributed by atoms with Gasteiger partial charge in [-0.15, -0.1) is 0 Å². The summed E-state index contributed by atoms with van der Waals surface area (Å²) in [5.74, 6) is -0.307. The molecule has 6 nitrogen and oxygen atoms in total. The van der Waals surface area contributed by atoms with E-state index in [-0.39, 0.29) is 16.3 Å². The molecule has 0 saturated carbocycles. The summed E-state index contributed by atoms with van der Waals surface area (Å²) >= 11 is 12.8. The monoisotopic (exact) mass is 511 g/mol. The summed E-state index contributed by atoms with van der Waals surface area (Å²) in [5, 5.41) is 4.54. The van der Waals surface area contributed by atoms with Crippen molar-refractivity contribution in [3.63, 3.8) is 0 Å². The van der Waals surface area contributed by atoms with Gasteiger partial charge in [0.1, 0.15) is 0 Å². The van der Waals surface area contributed by atoms with Crippen molar-refractivity contribution < 1.29 is 13.2 Å². The van der Waals surface area contributed by atoms with Crippen LogP contribution in [-0.2, 0) is 10.0 Å². The molecule has 5 rings (SSSR count). The molecule has 4 aromatic rings. The average molecular weight is 512 g/mol. The van der Waals surface area contributed by atoms with Gasteiger partial charge in [-0.3, -0.25) is 9.10 Å². The number of nitrogens with one attached hydrogen (secondary N) is 1. The summed E-state index contributed by atoms with van der Waals surface area (Å²) in [4.78, 5) is 17.6. The molecule has 0 aliphatic carbocycles. The number of sulfonamides is 1. The van der Waals surface area contributed by atoms with Gasteiger partial charge in [-0.2, -0.15) is 0 Å². The van der Waals surface area contributed by atoms with Crippen LogP contribution in [0.2, 0.25) is 10.0 Å². The Morgan fingerprint density at radius 1 is 0.941 bits per heavy atom. The minimum Gasteiger partial charge on any atom is -0.322 e. The molecule has 0 bridgehead atoms. The number of carbonyl (C=O) groups excluding carboxylic acids is 1. The molecule has 1 aliphatic heterocycles. The van der Waals surface area contributed by atoms with Crippen LogP contribution in [0, 0.1) is 0 Å². The summed E-state index contributed by atoms with van der Waals surface area (Å²) in [6.07, 6.45) is 0.563. The van der Waals surface area contributed by atoms with Crippen LogP contribution in [0.25, 0.3) is 22.2 Å². The van der Waals surface area contributed by atoms with Crippen molar-refractivity contribution in [3.8, 4) is 11.3 Å². The molecule has 172 valence electrons. The third-order valence-electron chi connectivity index (χ3n) is 5.68. The first-order chi connectivity index (χ1) is 16.3. The van der Waals surface area contributed by atoms with Crippen LogP contribution in [0.1, 0.15) is 16.8 Å². The number of nitrogens with zero attached hydrogens (tertiary/aromatic N) is 2. The van der Waals surface area contributed by atoms with E-state index in [2.05, 4.69) is 10.3 Å². The number of rotatable bonds is 4. The zero-order valence-electron chi connectivity index (χ0n) is 17.8. The highest BCUT2D eigenvalue weighted by Gasteiger charge is 2.29. The van der Waals surface area contributed by atoms with Crippen LogP contribution in [-0.4, -0.2) is 31.6 Å². The molecule has 1 saturated heterocycles. The molecule has 0 atom stereocenters. The Bertz CT molecular complexity index is 1540. The van der Waals surface area contributed by atoms with Gasteiger partial charge in [-0.25, -0.2) is 13.4 Å². The lowest BCUT2D eigenvalue weighted by Gasteiger charge is -2.18. The summed E-state index contributed by atoms with van der Waals surface area (Å²) in [6, 6.07) is 21.4. The number of para-hydroxylation sites is 1. The maximum atomic E-state index is 12.9. The van der Waals surface area contributed by atoms with Gasteiger partial charge in [0, 0.05) is 23.2 Å². The number of amides is 1. The van der Waals surface area contributed by atoms with Crippen molar-refractivity contribution in [2.45, 2.75) is 6.42 Å². The number of pyridine rings is 1. The Balaban J connectivity index is 1.41. The van der Waals surface area contributed by atoms with E-state index < -0.39 is 15.9 Å². The van der Waals surface area contributed by atoms with Gasteiger partial charge in [0.05, 0.1) is 38.3 Å². The predicted molar refractivity (Wildman–Crippen MR) is 137 cm³/mol. The summed E-state index contributed by atoms with van der Waals surface area (Å²) in [5.41, 5.74) is 3.44. The quantitative estimate of drug-likeness (QED) is 0.364. The molecule has 0 unspecified atom stereocenters. The van der Waals surface area contributed by atoms with Crippen LogP contribution in [0.4, 0.5) is 11.4 Å². The van der Waals surface area contributed by atoms with Crippen molar-refractivity contribution >= 4 is 61.4 Å². The zero-order chi connectivity index (χ0) is 23.9. The maximum Gasteiger partial charge on any atom is 0.257 e. The van der Waals surface area contributed by atoms with Gasteiger partial charge >= 0.3 is 0 Å². The summed E-state index contributed by atoms with van der Waals surface area (Å²) in [7, 11) is -3.33. The lowest BCUT2D eigenvalue weighted by Crippen LogP contribution is -2.25. The van der Waals surface area contributed by atoms with E-state index in [0.717, 1.165) is 10.9 Å². The Morgan fingerprint density at radius 2 is 1.76 bits per heavy atom. The van der Waals surface area contributed by atoms with Crippen molar-refractivity contribution in [1.29, 1.82) is 0 Å². The first kappa shape index (κ1) is 22.7. The van der Waals surface area contributed by atoms with E-state index in [0.29, 0.717) is 40.6 Å². The zero-order valence-corrected chi connectivity index (χ0v) is 20.2. The fourth-order valence-corrected chi connectivity index (χ4v) is 6.02. The van der Waals surface area contributed by atoms with Crippen LogP contribution in [0.3, 0.4) is 0 Å². The lowest BCUT2D eigenvalue weighted by atomic mass is 10.1. The second-order valence-electron chi connectivity index (χ2n) is 7.94. The second-order valence-corrected chi connectivity index (χ2v) is 10.8. The molecule has 1 aromatic heterocycles. The topological polar surface area (TPSA) is 79.4 Å². The Kier molecular flexibility index (Phi) is 5.93. The Labute approximate surface area is 207 Å². The minimum atomic E-state index is -3.33. The number of hydrogen-bond acceptors (Lipinski definition) is 4. The standard InChI is InChI=1S/C25H19Cl2N3O3S/c26-21-10-7-17(14-20(21)24-11-6-16-4-1-2-5-23(16)29-24)28-25(31)19-9-8-18(15-22(19)27)30-12-3-13-34(30,32)33/h1-2,4-11,14-15H,3,12-13H2,(H,28,31). The van der Waals surface area contributed by atoms with E-state index >= 15 is 0 Å². The smallest absolute Gasteiger partial charge is 0.257 e. The second kappa shape index (κ2) is 8.91. The molecular weight excluding hydrogens is 493 g/mol. The number of halogens is 2. The van der Waals surface area contributed by atoms with Crippen molar-refractivity contribution in [2.75, 3.05) is 21.9 Å². The highest BCUT2D eigenvalue weighted by atomic mass is 35.5. The minimum absolute atomic E-state index is 0.109. The largest absolute Gasteiger partial charge is 0.322 e. The number of hydrogen-bond donors (Lipinski definition) is 1. The molecule has 3 aromatic carbocycles. The number of carbonyl (C=O) groups is 1.